The molecule has 0 aromatic carbocycles. The number of rotatable bonds is 1. The van der Waals surface area contributed by atoms with Crippen LogP contribution in [0.4, 0.5) is 0 Å². The van der Waals surface area contributed by atoms with Crippen LogP contribution >= 0.6 is 0 Å². The second kappa shape index (κ2) is 3.40. The first-order chi connectivity index (χ1) is 5.97. The standard InChI is InChI=1S/C12H12/c1-2-4-8-11(7-3-1)12-9-5-6-10-12/h1-3,5-9H,4,10H2. The molecule has 2 aliphatic rings. The lowest BCUT2D eigenvalue weighted by atomic mass is 10.0. The molecule has 0 nitrogen and oxygen atoms in total. The molecule has 0 heterocycles. The first-order valence-corrected chi connectivity index (χ1v) is 4.36. The summed E-state index contributed by atoms with van der Waals surface area (Å²) in [7, 11) is 0. The molecule has 0 bridgehead atoms. The summed E-state index contributed by atoms with van der Waals surface area (Å²) in [5.74, 6) is 0. The Balaban J connectivity index is 2.19. The van der Waals surface area contributed by atoms with Crippen molar-refractivity contribution in [3.63, 3.8) is 0 Å². The van der Waals surface area contributed by atoms with Crippen LogP contribution in [0.25, 0.3) is 0 Å². The molecule has 0 spiro atoms. The molecule has 0 aliphatic heterocycles. The van der Waals surface area contributed by atoms with Crippen molar-refractivity contribution in [2.75, 3.05) is 0 Å². The van der Waals surface area contributed by atoms with Crippen LogP contribution in [0.1, 0.15) is 12.8 Å². The van der Waals surface area contributed by atoms with Gasteiger partial charge in [0.1, 0.15) is 0 Å². The van der Waals surface area contributed by atoms with Crippen LogP contribution in [0.3, 0.4) is 0 Å². The maximum absolute atomic E-state index is 2.28. The van der Waals surface area contributed by atoms with Crippen molar-refractivity contribution < 1.29 is 0 Å². The van der Waals surface area contributed by atoms with E-state index < -0.39 is 0 Å². The minimum atomic E-state index is 1.06. The van der Waals surface area contributed by atoms with E-state index in [9.17, 15) is 0 Å². The fraction of sp³-hybridized carbons (Fsp3) is 0.167. The van der Waals surface area contributed by atoms with Gasteiger partial charge in [-0.15, -0.1) is 0 Å². The van der Waals surface area contributed by atoms with Gasteiger partial charge in [-0.25, -0.2) is 0 Å². The number of allylic oxidation sites excluding steroid dienone is 10. The van der Waals surface area contributed by atoms with Crippen molar-refractivity contribution in [2.45, 2.75) is 12.8 Å². The average molecular weight is 156 g/mol. The van der Waals surface area contributed by atoms with Gasteiger partial charge in [0, 0.05) is 0 Å². The van der Waals surface area contributed by atoms with Crippen molar-refractivity contribution in [3.05, 3.63) is 59.8 Å². The lowest BCUT2D eigenvalue weighted by Gasteiger charge is -2.00. The third-order valence-corrected chi connectivity index (χ3v) is 2.14. The van der Waals surface area contributed by atoms with E-state index in [-0.39, 0.29) is 0 Å². The van der Waals surface area contributed by atoms with E-state index in [0.29, 0.717) is 0 Å². The highest BCUT2D eigenvalue weighted by Gasteiger charge is 2.02. The summed E-state index contributed by atoms with van der Waals surface area (Å²) >= 11 is 0. The maximum atomic E-state index is 2.28. The van der Waals surface area contributed by atoms with Crippen molar-refractivity contribution in [1.29, 1.82) is 0 Å². The molecule has 0 aromatic rings. The van der Waals surface area contributed by atoms with E-state index in [4.69, 9.17) is 0 Å². The Morgan fingerprint density at radius 1 is 1.00 bits per heavy atom. The predicted octanol–water partition coefficient (Wildman–Crippen LogP) is 3.32. The van der Waals surface area contributed by atoms with E-state index in [0.717, 1.165) is 12.8 Å². The van der Waals surface area contributed by atoms with Gasteiger partial charge in [-0.2, -0.15) is 0 Å². The molecule has 0 aromatic heterocycles. The van der Waals surface area contributed by atoms with Crippen LogP contribution < -0.4 is 0 Å². The smallest absolute Gasteiger partial charge is 0.00885 e. The Labute approximate surface area is 73.3 Å². The topological polar surface area (TPSA) is 0 Å². The largest absolute Gasteiger partial charge is 0.0807 e. The molecule has 2 aliphatic carbocycles. The number of hydrogen-bond donors (Lipinski definition) is 0. The van der Waals surface area contributed by atoms with Crippen LogP contribution in [-0.4, -0.2) is 0 Å². The highest BCUT2D eigenvalue weighted by molar-refractivity contribution is 5.47. The van der Waals surface area contributed by atoms with Crippen molar-refractivity contribution in [3.8, 4) is 0 Å². The van der Waals surface area contributed by atoms with Gasteiger partial charge >= 0.3 is 0 Å². The van der Waals surface area contributed by atoms with Gasteiger partial charge in [-0.1, -0.05) is 48.6 Å². The highest BCUT2D eigenvalue weighted by atomic mass is 14.1. The molecule has 60 valence electrons. The summed E-state index contributed by atoms with van der Waals surface area (Å²) in [6, 6.07) is 0. The SMILES string of the molecule is C1=CCC=C(C2=CC=CC2)C=C1. The Hall–Kier alpha value is -1.30. The first kappa shape index (κ1) is 7.35. The monoisotopic (exact) mass is 156 g/mol. The second-order valence-electron chi connectivity index (χ2n) is 3.01. The van der Waals surface area contributed by atoms with Crippen LogP contribution in [-0.2, 0) is 0 Å². The Bertz CT molecular complexity index is 309. The number of hydrogen-bond acceptors (Lipinski definition) is 0. The molecule has 0 atom stereocenters. The van der Waals surface area contributed by atoms with Crippen molar-refractivity contribution in [2.24, 2.45) is 0 Å². The summed E-state index contributed by atoms with van der Waals surface area (Å²) in [5, 5.41) is 0. The lowest BCUT2D eigenvalue weighted by molar-refractivity contribution is 1.26. The zero-order valence-corrected chi connectivity index (χ0v) is 7.03. The second-order valence-corrected chi connectivity index (χ2v) is 3.01. The molecule has 2 rings (SSSR count). The predicted molar refractivity (Wildman–Crippen MR) is 52.8 cm³/mol. The van der Waals surface area contributed by atoms with Gasteiger partial charge in [0.05, 0.1) is 0 Å². The van der Waals surface area contributed by atoms with Crippen LogP contribution in [0, 0.1) is 0 Å². The Morgan fingerprint density at radius 2 is 2.00 bits per heavy atom. The highest BCUT2D eigenvalue weighted by Crippen LogP contribution is 2.22. The van der Waals surface area contributed by atoms with Gasteiger partial charge in [0.15, 0.2) is 0 Å². The van der Waals surface area contributed by atoms with Crippen molar-refractivity contribution in [1.82, 2.24) is 0 Å². The molecule has 0 radical (unpaired) electrons. The Kier molecular flexibility index (Phi) is 2.08. The zero-order chi connectivity index (χ0) is 8.23. The molecule has 0 N–H and O–H groups in total. The maximum Gasteiger partial charge on any atom is -0.00885 e. The fourth-order valence-electron chi connectivity index (χ4n) is 1.48. The summed E-state index contributed by atoms with van der Waals surface area (Å²) in [5.41, 5.74) is 2.82. The molecular formula is C12H12. The van der Waals surface area contributed by atoms with E-state index >= 15 is 0 Å². The molecule has 0 unspecified atom stereocenters. The summed E-state index contributed by atoms with van der Waals surface area (Å²) in [4.78, 5) is 0. The fourth-order valence-corrected chi connectivity index (χ4v) is 1.48. The van der Waals surface area contributed by atoms with E-state index in [1.165, 1.54) is 11.1 Å². The van der Waals surface area contributed by atoms with Gasteiger partial charge in [0.25, 0.3) is 0 Å². The molecule has 0 fully saturated rings. The van der Waals surface area contributed by atoms with E-state index in [1.54, 1.807) is 0 Å². The van der Waals surface area contributed by atoms with Gasteiger partial charge in [-0.3, -0.25) is 0 Å². The molecule has 0 amide bonds. The first-order valence-electron chi connectivity index (χ1n) is 4.36. The minimum absolute atomic E-state index is 1.06. The Morgan fingerprint density at radius 3 is 2.83 bits per heavy atom. The quantitative estimate of drug-likeness (QED) is 0.546. The molecule has 0 saturated carbocycles. The minimum Gasteiger partial charge on any atom is -0.0807 e. The van der Waals surface area contributed by atoms with E-state index in [2.05, 4.69) is 48.6 Å². The van der Waals surface area contributed by atoms with E-state index in [1.807, 2.05) is 0 Å². The molecular weight excluding hydrogens is 144 g/mol. The third kappa shape index (κ3) is 1.48. The average Bonchev–Trinajstić information content (AvgIpc) is 2.48. The lowest BCUT2D eigenvalue weighted by Crippen LogP contribution is -1.81. The van der Waals surface area contributed by atoms with Crippen molar-refractivity contribution >= 4 is 0 Å². The normalized spacial score (nSPS) is 20.7. The van der Waals surface area contributed by atoms with Crippen LogP contribution in [0.15, 0.2) is 59.8 Å². The third-order valence-electron chi connectivity index (χ3n) is 2.14. The summed E-state index contributed by atoms with van der Waals surface area (Å²) in [6.45, 7) is 0. The van der Waals surface area contributed by atoms with Crippen LogP contribution in [0.5, 0.6) is 0 Å². The van der Waals surface area contributed by atoms with Gasteiger partial charge in [-0.05, 0) is 24.0 Å². The zero-order valence-electron chi connectivity index (χ0n) is 7.03. The molecule has 12 heavy (non-hydrogen) atoms. The van der Waals surface area contributed by atoms with Gasteiger partial charge < -0.3 is 0 Å². The molecule has 0 saturated heterocycles. The van der Waals surface area contributed by atoms with Gasteiger partial charge in [0.2, 0.25) is 0 Å². The van der Waals surface area contributed by atoms with Crippen LogP contribution in [0.2, 0.25) is 0 Å². The summed E-state index contributed by atoms with van der Waals surface area (Å²) < 4.78 is 0. The molecule has 0 heteroatoms. The summed E-state index contributed by atoms with van der Waals surface area (Å²) in [6.07, 6.45) is 19.5.